The smallest absolute Gasteiger partial charge is 0.343 e. The van der Waals surface area contributed by atoms with Gasteiger partial charge in [-0.25, -0.2) is 14.6 Å². The van der Waals surface area contributed by atoms with Crippen LogP contribution in [-0.4, -0.2) is 18.1 Å². The minimum absolute atomic E-state index is 0.257. The van der Waals surface area contributed by atoms with Crippen LogP contribution < -0.4 is 10.2 Å². The molecule has 0 heterocycles. The van der Waals surface area contributed by atoms with Gasteiger partial charge in [-0.05, 0) is 66.7 Å². The van der Waals surface area contributed by atoms with Crippen molar-refractivity contribution < 1.29 is 18.7 Å². The molecule has 146 valence electrons. The Balaban J connectivity index is 1.73. The van der Waals surface area contributed by atoms with Crippen LogP contribution in [0.4, 0.5) is 4.39 Å². The van der Waals surface area contributed by atoms with Crippen molar-refractivity contribution >= 4 is 45.6 Å². The fraction of sp³-hybridized carbons (Fsp3) is 0. The van der Waals surface area contributed by atoms with Crippen LogP contribution in [0.2, 0.25) is 5.02 Å². The van der Waals surface area contributed by atoms with Crippen LogP contribution >= 0.6 is 27.5 Å². The van der Waals surface area contributed by atoms with E-state index in [-0.39, 0.29) is 11.3 Å². The molecule has 3 rings (SSSR count). The van der Waals surface area contributed by atoms with Crippen LogP contribution in [0.15, 0.2) is 76.3 Å². The third kappa shape index (κ3) is 5.73. The molecule has 0 aliphatic heterocycles. The molecular weight excluding hydrogens is 463 g/mol. The Labute approximate surface area is 179 Å². The maximum Gasteiger partial charge on any atom is 0.343 e. The van der Waals surface area contributed by atoms with Crippen molar-refractivity contribution in [3.8, 4) is 5.75 Å². The number of carbonyl (C=O) groups excluding carboxylic acids is 2. The number of rotatable bonds is 5. The summed E-state index contributed by atoms with van der Waals surface area (Å²) in [4.78, 5) is 24.4. The van der Waals surface area contributed by atoms with E-state index in [0.29, 0.717) is 16.1 Å². The molecule has 0 atom stereocenters. The molecule has 29 heavy (non-hydrogen) atoms. The van der Waals surface area contributed by atoms with E-state index in [0.717, 1.165) is 4.47 Å². The van der Waals surface area contributed by atoms with Crippen LogP contribution in [-0.2, 0) is 0 Å². The van der Waals surface area contributed by atoms with Crippen molar-refractivity contribution in [3.05, 3.63) is 98.7 Å². The summed E-state index contributed by atoms with van der Waals surface area (Å²) in [5.74, 6) is -1.25. The topological polar surface area (TPSA) is 67.8 Å². The number of ether oxygens (including phenoxy) is 1. The van der Waals surface area contributed by atoms with E-state index >= 15 is 0 Å². The van der Waals surface area contributed by atoms with Gasteiger partial charge in [0, 0.05) is 20.6 Å². The molecule has 0 saturated heterocycles. The lowest BCUT2D eigenvalue weighted by molar-refractivity contribution is 0.0734. The highest BCUT2D eigenvalue weighted by Gasteiger charge is 2.12. The van der Waals surface area contributed by atoms with Crippen LogP contribution in [0.3, 0.4) is 0 Å². The normalized spacial score (nSPS) is 10.7. The van der Waals surface area contributed by atoms with Crippen molar-refractivity contribution in [3.63, 3.8) is 0 Å². The van der Waals surface area contributed by atoms with Crippen molar-refractivity contribution in [1.29, 1.82) is 0 Å². The molecule has 0 unspecified atom stereocenters. The zero-order valence-corrected chi connectivity index (χ0v) is 17.1. The number of carbonyl (C=O) groups is 2. The molecule has 1 amide bonds. The minimum atomic E-state index is -0.561. The first kappa shape index (κ1) is 20.7. The van der Waals surface area contributed by atoms with Crippen molar-refractivity contribution in [1.82, 2.24) is 5.43 Å². The van der Waals surface area contributed by atoms with Gasteiger partial charge in [-0.15, -0.1) is 0 Å². The molecule has 8 heteroatoms. The number of nitrogens with zero attached hydrogens (tertiary/aromatic N) is 1. The highest BCUT2D eigenvalue weighted by Crippen LogP contribution is 2.23. The number of esters is 1. The lowest BCUT2D eigenvalue weighted by Crippen LogP contribution is -2.17. The Bertz CT molecular complexity index is 1070. The number of benzene rings is 3. The van der Waals surface area contributed by atoms with Gasteiger partial charge in [-0.2, -0.15) is 5.10 Å². The van der Waals surface area contributed by atoms with Crippen LogP contribution in [0.1, 0.15) is 26.3 Å². The fourth-order valence-corrected chi connectivity index (χ4v) is 2.79. The predicted molar refractivity (Wildman–Crippen MR) is 112 cm³/mol. The second-order valence-electron chi connectivity index (χ2n) is 5.78. The zero-order chi connectivity index (χ0) is 20.8. The van der Waals surface area contributed by atoms with Gasteiger partial charge < -0.3 is 4.74 Å². The van der Waals surface area contributed by atoms with Gasteiger partial charge in [-0.3, -0.25) is 4.79 Å². The molecule has 0 aliphatic carbocycles. The van der Waals surface area contributed by atoms with Gasteiger partial charge >= 0.3 is 5.97 Å². The molecule has 0 fully saturated rings. The molecule has 1 N–H and O–H groups in total. The lowest BCUT2D eigenvalue weighted by Gasteiger charge is -2.08. The highest BCUT2D eigenvalue weighted by atomic mass is 79.9. The number of nitrogens with one attached hydrogen (secondary N) is 1. The van der Waals surface area contributed by atoms with Gasteiger partial charge in [0.15, 0.2) is 0 Å². The van der Waals surface area contributed by atoms with E-state index in [9.17, 15) is 14.0 Å². The first-order valence-corrected chi connectivity index (χ1v) is 9.46. The van der Waals surface area contributed by atoms with E-state index in [1.807, 2.05) is 0 Å². The Morgan fingerprint density at radius 3 is 2.34 bits per heavy atom. The quantitative estimate of drug-likeness (QED) is 0.238. The van der Waals surface area contributed by atoms with Gasteiger partial charge in [0.1, 0.15) is 11.6 Å². The molecule has 3 aromatic rings. The minimum Gasteiger partial charge on any atom is -0.422 e. The summed E-state index contributed by atoms with van der Waals surface area (Å²) in [6.07, 6.45) is 1.34. The first-order chi connectivity index (χ1) is 13.9. The van der Waals surface area contributed by atoms with E-state index in [1.165, 1.54) is 30.5 Å². The van der Waals surface area contributed by atoms with E-state index in [2.05, 4.69) is 26.5 Å². The van der Waals surface area contributed by atoms with Crippen molar-refractivity contribution in [2.45, 2.75) is 0 Å². The van der Waals surface area contributed by atoms with E-state index in [4.69, 9.17) is 16.3 Å². The Morgan fingerprint density at radius 1 is 1.00 bits per heavy atom. The number of hydrogen-bond donors (Lipinski definition) is 1. The van der Waals surface area contributed by atoms with Gasteiger partial charge in [0.2, 0.25) is 0 Å². The molecular formula is C21H13BrClFN2O3. The first-order valence-electron chi connectivity index (χ1n) is 8.28. The number of hydrogen-bond acceptors (Lipinski definition) is 4. The molecule has 3 aromatic carbocycles. The van der Waals surface area contributed by atoms with E-state index in [1.54, 1.807) is 42.5 Å². The monoisotopic (exact) mass is 474 g/mol. The summed E-state index contributed by atoms with van der Waals surface area (Å²) < 4.78 is 19.1. The maximum absolute atomic E-state index is 12.9. The van der Waals surface area contributed by atoms with Gasteiger partial charge in [0.25, 0.3) is 5.91 Å². The van der Waals surface area contributed by atoms with Crippen LogP contribution in [0.25, 0.3) is 0 Å². The molecule has 0 aliphatic rings. The third-order valence-electron chi connectivity index (χ3n) is 3.73. The molecule has 0 radical (unpaired) electrons. The summed E-state index contributed by atoms with van der Waals surface area (Å²) in [6, 6.07) is 16.3. The molecule has 5 nitrogen and oxygen atoms in total. The zero-order valence-electron chi connectivity index (χ0n) is 14.7. The Morgan fingerprint density at radius 2 is 1.66 bits per heavy atom. The maximum atomic E-state index is 12.9. The SMILES string of the molecule is O=C(N/N=C/c1cc(Br)ccc1OC(=O)c1ccc(Cl)cc1)c1ccc(F)cc1. The standard InChI is InChI=1S/C21H13BrClFN2O3/c22-16-5-10-19(29-21(28)14-1-6-17(23)7-2-14)15(11-16)12-25-26-20(27)13-3-8-18(24)9-4-13/h1-12H,(H,26,27)/b25-12+. The summed E-state index contributed by atoms with van der Waals surface area (Å²) >= 11 is 9.17. The average molecular weight is 476 g/mol. The number of amides is 1. The summed E-state index contributed by atoms with van der Waals surface area (Å²) in [7, 11) is 0. The van der Waals surface area contributed by atoms with E-state index < -0.39 is 17.7 Å². The van der Waals surface area contributed by atoms with Crippen LogP contribution in [0.5, 0.6) is 5.75 Å². The Kier molecular flexibility index (Phi) is 6.74. The summed E-state index contributed by atoms with van der Waals surface area (Å²) in [5.41, 5.74) is 3.40. The molecule has 0 saturated carbocycles. The molecule has 0 bridgehead atoms. The second-order valence-corrected chi connectivity index (χ2v) is 7.14. The third-order valence-corrected chi connectivity index (χ3v) is 4.48. The summed E-state index contributed by atoms with van der Waals surface area (Å²) in [6.45, 7) is 0. The highest BCUT2D eigenvalue weighted by molar-refractivity contribution is 9.10. The number of halogens is 3. The number of hydrazone groups is 1. The van der Waals surface area contributed by atoms with Gasteiger partial charge in [0.05, 0.1) is 11.8 Å². The van der Waals surface area contributed by atoms with Crippen molar-refractivity contribution in [2.24, 2.45) is 5.10 Å². The summed E-state index contributed by atoms with van der Waals surface area (Å²) in [5, 5.41) is 4.40. The second kappa shape index (κ2) is 9.45. The van der Waals surface area contributed by atoms with Gasteiger partial charge in [-0.1, -0.05) is 27.5 Å². The predicted octanol–water partition coefficient (Wildman–Crippen LogP) is 5.22. The Hall–Kier alpha value is -3.03. The molecule has 0 aromatic heterocycles. The largest absolute Gasteiger partial charge is 0.422 e. The lowest BCUT2D eigenvalue weighted by atomic mass is 10.2. The fourth-order valence-electron chi connectivity index (χ4n) is 2.28. The molecule has 0 spiro atoms. The van der Waals surface area contributed by atoms with Crippen molar-refractivity contribution in [2.75, 3.05) is 0 Å². The average Bonchev–Trinajstić information content (AvgIpc) is 2.70. The van der Waals surface area contributed by atoms with Crippen LogP contribution in [0, 0.1) is 5.82 Å².